The Morgan fingerprint density at radius 2 is 1.52 bits per heavy atom. The van der Waals surface area contributed by atoms with Gasteiger partial charge >= 0.3 is 5.97 Å². The molecule has 2 atom stereocenters. The number of aliphatic hydroxyl groups is 2. The van der Waals surface area contributed by atoms with Gasteiger partial charge in [0, 0.05) is 25.0 Å². The van der Waals surface area contributed by atoms with Gasteiger partial charge in [-0.1, -0.05) is 18.3 Å². The zero-order valence-electron chi connectivity index (χ0n) is 12.2. The highest BCUT2D eigenvalue weighted by Gasteiger charge is 2.15. The molecule has 0 spiro atoms. The molecule has 0 amide bonds. The van der Waals surface area contributed by atoms with Gasteiger partial charge < -0.3 is 15.3 Å². The minimum Gasteiger partial charge on any atom is -0.481 e. The minimum atomic E-state index is -0.832. The summed E-state index contributed by atoms with van der Waals surface area (Å²) in [4.78, 5) is 10.3. The van der Waals surface area contributed by atoms with Crippen molar-refractivity contribution in [3.8, 4) is 23.7 Å². The lowest BCUT2D eigenvalue weighted by atomic mass is 10.0. The number of hydrogen-bond donors (Lipinski definition) is 4. The summed E-state index contributed by atoms with van der Waals surface area (Å²) in [6.45, 7) is 0. The summed E-state index contributed by atoms with van der Waals surface area (Å²) in [5, 5.41) is 28.0. The van der Waals surface area contributed by atoms with Gasteiger partial charge in [0.25, 0.3) is 0 Å². The van der Waals surface area contributed by atoms with E-state index in [-0.39, 0.29) is 6.42 Å². The molecule has 5 heteroatoms. The third kappa shape index (κ3) is 13.6. The fourth-order valence-corrected chi connectivity index (χ4v) is 1.80. The fraction of sp³-hybridized carbons (Fsp3) is 0.688. The van der Waals surface area contributed by atoms with Crippen LogP contribution in [0.1, 0.15) is 51.4 Å². The fourth-order valence-electron chi connectivity index (χ4n) is 1.68. The van der Waals surface area contributed by atoms with Crippen molar-refractivity contribution in [3.05, 3.63) is 0 Å². The summed E-state index contributed by atoms with van der Waals surface area (Å²) in [5.41, 5.74) is 0. The van der Waals surface area contributed by atoms with Crippen molar-refractivity contribution in [1.82, 2.24) is 0 Å². The van der Waals surface area contributed by atoms with E-state index in [1.165, 1.54) is 0 Å². The van der Waals surface area contributed by atoms with Gasteiger partial charge in [-0.3, -0.25) is 4.79 Å². The second kappa shape index (κ2) is 13.8. The van der Waals surface area contributed by atoms with E-state index >= 15 is 0 Å². The Bertz CT molecular complexity index is 400. The molecule has 0 aliphatic carbocycles. The molecule has 0 radical (unpaired) electrons. The van der Waals surface area contributed by atoms with Crippen molar-refractivity contribution in [1.29, 1.82) is 0 Å². The second-order valence-electron chi connectivity index (χ2n) is 4.74. The lowest BCUT2D eigenvalue weighted by Crippen LogP contribution is -2.25. The SMILES string of the molecule is O=C(O)CCCC[C@@H](O)[C@H](O)CCCC#CC#CCCS. The van der Waals surface area contributed by atoms with Crippen LogP contribution >= 0.6 is 12.6 Å². The maximum absolute atomic E-state index is 10.3. The topological polar surface area (TPSA) is 77.8 Å². The summed E-state index contributed by atoms with van der Waals surface area (Å²) < 4.78 is 0. The molecule has 0 fully saturated rings. The Labute approximate surface area is 132 Å². The van der Waals surface area contributed by atoms with Crippen molar-refractivity contribution in [3.63, 3.8) is 0 Å². The van der Waals surface area contributed by atoms with Gasteiger partial charge in [-0.2, -0.15) is 12.6 Å². The van der Waals surface area contributed by atoms with Crippen LogP contribution < -0.4 is 0 Å². The smallest absolute Gasteiger partial charge is 0.303 e. The van der Waals surface area contributed by atoms with E-state index in [0.29, 0.717) is 38.5 Å². The molecular weight excluding hydrogens is 288 g/mol. The van der Waals surface area contributed by atoms with Crippen LogP contribution in [0.2, 0.25) is 0 Å². The summed E-state index contributed by atoms with van der Waals surface area (Å²) in [6.07, 6.45) is 2.65. The number of hydrogen-bond acceptors (Lipinski definition) is 4. The number of carbonyl (C=O) groups is 1. The molecule has 21 heavy (non-hydrogen) atoms. The van der Waals surface area contributed by atoms with Crippen molar-refractivity contribution in [2.45, 2.75) is 63.6 Å². The Hall–Kier alpha value is -1.14. The Balaban J connectivity index is 3.66. The molecule has 0 aromatic rings. The number of carboxylic acid groups (broad SMARTS) is 1. The highest BCUT2D eigenvalue weighted by Crippen LogP contribution is 2.11. The molecule has 0 bridgehead atoms. The summed E-state index contributed by atoms with van der Waals surface area (Å²) in [6, 6.07) is 0. The van der Waals surface area contributed by atoms with Crippen molar-refractivity contribution in [2.24, 2.45) is 0 Å². The normalized spacial score (nSPS) is 12.5. The van der Waals surface area contributed by atoms with Crippen LogP contribution in [0.3, 0.4) is 0 Å². The molecule has 0 saturated heterocycles. The van der Waals surface area contributed by atoms with Crippen molar-refractivity contribution < 1.29 is 20.1 Å². The molecule has 3 N–H and O–H groups in total. The number of aliphatic carboxylic acids is 1. The van der Waals surface area contributed by atoms with Gasteiger partial charge in [-0.05, 0) is 37.5 Å². The Morgan fingerprint density at radius 1 is 0.952 bits per heavy atom. The van der Waals surface area contributed by atoms with E-state index in [0.717, 1.165) is 12.2 Å². The maximum atomic E-state index is 10.3. The first kappa shape index (κ1) is 19.9. The molecule has 4 nitrogen and oxygen atoms in total. The molecule has 118 valence electrons. The standard InChI is InChI=1S/C16H24O4S/c17-14(15(18)11-7-8-12-16(19)20)10-6-4-2-1-3-5-9-13-21/h14-15,17-18,21H,4,6-13H2,(H,19,20)/t14-,15-/m1/s1. The van der Waals surface area contributed by atoms with Crippen LogP contribution in [0.25, 0.3) is 0 Å². The Kier molecular flexibility index (Phi) is 13.1. The van der Waals surface area contributed by atoms with Crippen LogP contribution in [0, 0.1) is 23.7 Å². The Morgan fingerprint density at radius 3 is 2.10 bits per heavy atom. The molecule has 0 aromatic carbocycles. The van der Waals surface area contributed by atoms with Crippen LogP contribution in [-0.4, -0.2) is 39.2 Å². The largest absolute Gasteiger partial charge is 0.481 e. The van der Waals surface area contributed by atoms with Crippen LogP contribution in [0.4, 0.5) is 0 Å². The zero-order chi connectivity index (χ0) is 15.9. The van der Waals surface area contributed by atoms with Gasteiger partial charge in [0.2, 0.25) is 0 Å². The van der Waals surface area contributed by atoms with Gasteiger partial charge in [0.05, 0.1) is 12.2 Å². The highest BCUT2D eigenvalue weighted by atomic mass is 32.1. The van der Waals surface area contributed by atoms with Crippen LogP contribution in [0.15, 0.2) is 0 Å². The average molecular weight is 312 g/mol. The predicted molar refractivity (Wildman–Crippen MR) is 86.0 cm³/mol. The van der Waals surface area contributed by atoms with E-state index in [4.69, 9.17) is 5.11 Å². The van der Waals surface area contributed by atoms with E-state index in [1.807, 2.05) is 0 Å². The van der Waals surface area contributed by atoms with E-state index < -0.39 is 18.2 Å². The first-order valence-electron chi connectivity index (χ1n) is 7.22. The molecule has 0 unspecified atom stereocenters. The first-order valence-corrected chi connectivity index (χ1v) is 7.85. The summed E-state index contributed by atoms with van der Waals surface area (Å²) >= 11 is 4.03. The maximum Gasteiger partial charge on any atom is 0.303 e. The molecule has 0 aromatic heterocycles. The number of thiol groups is 1. The molecule has 0 aliphatic rings. The molecule has 0 saturated carbocycles. The van der Waals surface area contributed by atoms with Gasteiger partial charge in [-0.25, -0.2) is 0 Å². The van der Waals surface area contributed by atoms with Crippen LogP contribution in [0.5, 0.6) is 0 Å². The lowest BCUT2D eigenvalue weighted by Gasteiger charge is -2.16. The average Bonchev–Trinajstić information content (AvgIpc) is 2.45. The number of unbranched alkanes of at least 4 members (excludes halogenated alkanes) is 2. The second-order valence-corrected chi connectivity index (χ2v) is 5.19. The quantitative estimate of drug-likeness (QED) is 0.282. The minimum absolute atomic E-state index is 0.104. The summed E-state index contributed by atoms with van der Waals surface area (Å²) in [7, 11) is 0. The van der Waals surface area contributed by atoms with E-state index in [9.17, 15) is 15.0 Å². The number of aliphatic hydroxyl groups excluding tert-OH is 2. The monoisotopic (exact) mass is 312 g/mol. The highest BCUT2D eigenvalue weighted by molar-refractivity contribution is 7.80. The van der Waals surface area contributed by atoms with Crippen molar-refractivity contribution >= 4 is 18.6 Å². The third-order valence-corrected chi connectivity index (χ3v) is 3.09. The lowest BCUT2D eigenvalue weighted by molar-refractivity contribution is -0.137. The van der Waals surface area contributed by atoms with Crippen LogP contribution in [-0.2, 0) is 4.79 Å². The molecule has 0 heterocycles. The van der Waals surface area contributed by atoms with Crippen molar-refractivity contribution in [2.75, 3.05) is 5.75 Å². The molecular formula is C16H24O4S. The van der Waals surface area contributed by atoms with E-state index in [2.05, 4.69) is 36.3 Å². The number of rotatable bonds is 10. The third-order valence-electron chi connectivity index (χ3n) is 2.86. The van der Waals surface area contributed by atoms with Gasteiger partial charge in [-0.15, -0.1) is 0 Å². The summed E-state index contributed by atoms with van der Waals surface area (Å²) in [5.74, 6) is 11.1. The predicted octanol–water partition coefficient (Wildman–Crippen LogP) is 1.85. The molecule has 0 rings (SSSR count). The van der Waals surface area contributed by atoms with E-state index in [1.54, 1.807) is 0 Å². The first-order chi connectivity index (χ1) is 10.1. The van der Waals surface area contributed by atoms with Gasteiger partial charge in [0.15, 0.2) is 0 Å². The molecule has 0 aliphatic heterocycles. The number of carboxylic acids is 1. The zero-order valence-corrected chi connectivity index (χ0v) is 13.1. The van der Waals surface area contributed by atoms with Gasteiger partial charge in [0.1, 0.15) is 0 Å².